The zero-order chi connectivity index (χ0) is 12.0. The van der Waals surface area contributed by atoms with Crippen LogP contribution in [-0.2, 0) is 4.74 Å². The van der Waals surface area contributed by atoms with Gasteiger partial charge in [0.15, 0.2) is 0 Å². The zero-order valence-corrected chi connectivity index (χ0v) is 11.4. The Morgan fingerprint density at radius 3 is 2.69 bits per heavy atom. The molecular weight excluding hydrogens is 200 g/mol. The Labute approximate surface area is 101 Å². The van der Waals surface area contributed by atoms with E-state index in [1.807, 2.05) is 0 Å². The van der Waals surface area contributed by atoms with Crippen molar-refractivity contribution in [1.82, 2.24) is 10.2 Å². The summed E-state index contributed by atoms with van der Waals surface area (Å²) < 4.78 is 5.47. The summed E-state index contributed by atoms with van der Waals surface area (Å²) in [6.07, 6.45) is 3.63. The fourth-order valence-electron chi connectivity index (χ4n) is 2.44. The summed E-state index contributed by atoms with van der Waals surface area (Å²) >= 11 is 0. The smallest absolute Gasteiger partial charge is 0.0480 e. The fraction of sp³-hybridized carbons (Fsp3) is 1.00. The van der Waals surface area contributed by atoms with Crippen LogP contribution in [0, 0.1) is 5.41 Å². The summed E-state index contributed by atoms with van der Waals surface area (Å²) in [6, 6.07) is 0.656. The summed E-state index contributed by atoms with van der Waals surface area (Å²) in [5.74, 6) is 0. The van der Waals surface area contributed by atoms with Crippen molar-refractivity contribution in [1.29, 1.82) is 0 Å². The van der Waals surface area contributed by atoms with Gasteiger partial charge in [0.1, 0.15) is 0 Å². The van der Waals surface area contributed by atoms with E-state index in [1.54, 1.807) is 0 Å². The highest BCUT2D eigenvalue weighted by Crippen LogP contribution is 2.16. The molecule has 1 rings (SSSR count). The number of hydrogen-bond donors (Lipinski definition) is 1. The van der Waals surface area contributed by atoms with Crippen LogP contribution in [0.3, 0.4) is 0 Å². The maximum absolute atomic E-state index is 5.47. The quantitative estimate of drug-likeness (QED) is 0.775. The van der Waals surface area contributed by atoms with Gasteiger partial charge >= 0.3 is 0 Å². The van der Waals surface area contributed by atoms with Crippen LogP contribution in [0.1, 0.15) is 33.1 Å². The molecule has 0 saturated carbocycles. The summed E-state index contributed by atoms with van der Waals surface area (Å²) in [5, 5.41) is 3.70. The van der Waals surface area contributed by atoms with Gasteiger partial charge in [-0.25, -0.2) is 0 Å². The summed E-state index contributed by atoms with van der Waals surface area (Å²) in [4.78, 5) is 2.26. The van der Waals surface area contributed by atoms with Gasteiger partial charge < -0.3 is 15.0 Å². The van der Waals surface area contributed by atoms with Crippen molar-refractivity contribution in [3.8, 4) is 0 Å². The molecule has 96 valence electrons. The van der Waals surface area contributed by atoms with Crippen molar-refractivity contribution in [2.45, 2.75) is 39.2 Å². The average molecular weight is 228 g/mol. The second-order valence-electron chi connectivity index (χ2n) is 6.02. The molecule has 0 aromatic heterocycles. The van der Waals surface area contributed by atoms with Crippen molar-refractivity contribution in [3.63, 3.8) is 0 Å². The minimum atomic E-state index is 0.344. The molecule has 0 amide bonds. The summed E-state index contributed by atoms with van der Waals surface area (Å²) in [6.45, 7) is 8.74. The van der Waals surface area contributed by atoms with E-state index >= 15 is 0 Å². The molecule has 1 unspecified atom stereocenters. The van der Waals surface area contributed by atoms with Crippen molar-refractivity contribution in [2.75, 3.05) is 40.4 Å². The average Bonchev–Trinajstić information content (AvgIpc) is 2.40. The predicted molar refractivity (Wildman–Crippen MR) is 68.8 cm³/mol. The number of nitrogens with zero attached hydrogens (tertiary/aromatic N) is 1. The van der Waals surface area contributed by atoms with Gasteiger partial charge in [-0.15, -0.1) is 0 Å². The van der Waals surface area contributed by atoms with Gasteiger partial charge in [-0.3, -0.25) is 0 Å². The summed E-state index contributed by atoms with van der Waals surface area (Å²) in [7, 11) is 4.28. The van der Waals surface area contributed by atoms with Crippen LogP contribution >= 0.6 is 0 Å². The monoisotopic (exact) mass is 228 g/mol. The van der Waals surface area contributed by atoms with E-state index < -0.39 is 0 Å². The van der Waals surface area contributed by atoms with Crippen LogP contribution in [-0.4, -0.2) is 51.3 Å². The number of nitrogens with one attached hydrogen (secondary N) is 1. The minimum Gasteiger partial charge on any atom is -0.381 e. The lowest BCUT2D eigenvalue weighted by molar-refractivity contribution is 0.141. The van der Waals surface area contributed by atoms with E-state index in [0.717, 1.165) is 32.7 Å². The SMILES string of the molecule is CN(C)CC(C)(C)CNC1CCCOCC1. The lowest BCUT2D eigenvalue weighted by Gasteiger charge is -2.30. The van der Waals surface area contributed by atoms with E-state index in [-0.39, 0.29) is 0 Å². The molecular formula is C13H28N2O. The van der Waals surface area contributed by atoms with Crippen LogP contribution in [0.15, 0.2) is 0 Å². The Hall–Kier alpha value is -0.120. The van der Waals surface area contributed by atoms with Gasteiger partial charge in [-0.05, 0) is 38.8 Å². The maximum Gasteiger partial charge on any atom is 0.0480 e. The van der Waals surface area contributed by atoms with Gasteiger partial charge in [0.05, 0.1) is 0 Å². The second-order valence-corrected chi connectivity index (χ2v) is 6.02. The maximum atomic E-state index is 5.47. The van der Waals surface area contributed by atoms with Crippen LogP contribution in [0.25, 0.3) is 0 Å². The highest BCUT2D eigenvalue weighted by molar-refractivity contribution is 4.78. The van der Waals surface area contributed by atoms with Gasteiger partial charge in [0.2, 0.25) is 0 Å². The first-order valence-corrected chi connectivity index (χ1v) is 6.45. The number of hydrogen-bond acceptors (Lipinski definition) is 3. The van der Waals surface area contributed by atoms with Gasteiger partial charge in [0, 0.05) is 32.3 Å². The number of rotatable bonds is 5. The topological polar surface area (TPSA) is 24.5 Å². The molecule has 0 aromatic carbocycles. The van der Waals surface area contributed by atoms with E-state index in [0.29, 0.717) is 11.5 Å². The molecule has 1 saturated heterocycles. The van der Waals surface area contributed by atoms with Gasteiger partial charge in [-0.2, -0.15) is 0 Å². The molecule has 0 aromatic rings. The third kappa shape index (κ3) is 5.83. The normalized spacial score (nSPS) is 23.4. The van der Waals surface area contributed by atoms with E-state index in [4.69, 9.17) is 4.74 Å². The molecule has 0 bridgehead atoms. The zero-order valence-electron chi connectivity index (χ0n) is 11.4. The van der Waals surface area contributed by atoms with Gasteiger partial charge in [-0.1, -0.05) is 13.8 Å². The number of ether oxygens (including phenoxy) is 1. The van der Waals surface area contributed by atoms with E-state index in [9.17, 15) is 0 Å². The predicted octanol–water partition coefficient (Wildman–Crippen LogP) is 1.73. The van der Waals surface area contributed by atoms with Crippen molar-refractivity contribution < 1.29 is 4.74 Å². The van der Waals surface area contributed by atoms with Gasteiger partial charge in [0.25, 0.3) is 0 Å². The Morgan fingerprint density at radius 2 is 2.00 bits per heavy atom. The van der Waals surface area contributed by atoms with Crippen LogP contribution in [0.2, 0.25) is 0 Å². The Bertz CT molecular complexity index is 184. The molecule has 1 atom stereocenters. The third-order valence-corrected chi connectivity index (χ3v) is 3.07. The highest BCUT2D eigenvalue weighted by Gasteiger charge is 2.21. The Kier molecular flexibility index (Phi) is 5.73. The molecule has 0 spiro atoms. The molecule has 0 aliphatic carbocycles. The molecule has 0 radical (unpaired) electrons. The van der Waals surface area contributed by atoms with Crippen LogP contribution in [0.5, 0.6) is 0 Å². The molecule has 1 heterocycles. The van der Waals surface area contributed by atoms with Crippen LogP contribution < -0.4 is 5.32 Å². The van der Waals surface area contributed by atoms with Crippen molar-refractivity contribution >= 4 is 0 Å². The van der Waals surface area contributed by atoms with E-state index in [2.05, 4.69) is 38.2 Å². The fourth-order valence-corrected chi connectivity index (χ4v) is 2.44. The second kappa shape index (κ2) is 6.58. The minimum absolute atomic E-state index is 0.344. The molecule has 3 heteroatoms. The lowest BCUT2D eigenvalue weighted by Crippen LogP contribution is -2.41. The van der Waals surface area contributed by atoms with E-state index in [1.165, 1.54) is 12.8 Å². The molecule has 16 heavy (non-hydrogen) atoms. The first-order valence-electron chi connectivity index (χ1n) is 6.45. The lowest BCUT2D eigenvalue weighted by atomic mass is 9.92. The Balaban J connectivity index is 2.25. The first kappa shape index (κ1) is 13.9. The first-order chi connectivity index (χ1) is 7.49. The molecule has 1 fully saturated rings. The standard InChI is InChI=1S/C13H28N2O/c1-13(2,11-15(3)4)10-14-12-6-5-8-16-9-7-12/h12,14H,5-11H2,1-4H3. The largest absolute Gasteiger partial charge is 0.381 e. The Morgan fingerprint density at radius 1 is 1.25 bits per heavy atom. The molecule has 1 N–H and O–H groups in total. The van der Waals surface area contributed by atoms with Crippen molar-refractivity contribution in [2.24, 2.45) is 5.41 Å². The third-order valence-electron chi connectivity index (χ3n) is 3.07. The molecule has 1 aliphatic heterocycles. The molecule has 1 aliphatic rings. The van der Waals surface area contributed by atoms with Crippen molar-refractivity contribution in [3.05, 3.63) is 0 Å². The highest BCUT2D eigenvalue weighted by atomic mass is 16.5. The van der Waals surface area contributed by atoms with Crippen LogP contribution in [0.4, 0.5) is 0 Å². The molecule has 3 nitrogen and oxygen atoms in total. The summed E-state index contributed by atoms with van der Waals surface area (Å²) in [5.41, 5.74) is 0.344.